The van der Waals surface area contributed by atoms with Crippen LogP contribution in [0.1, 0.15) is 6.92 Å². The Labute approximate surface area is 105 Å². The van der Waals surface area contributed by atoms with Crippen molar-refractivity contribution in [2.24, 2.45) is 0 Å². The number of anilines is 1. The molecule has 0 unspecified atom stereocenters. The highest BCUT2D eigenvalue weighted by molar-refractivity contribution is 7.80. The summed E-state index contributed by atoms with van der Waals surface area (Å²) in [6.07, 6.45) is -0.583. The van der Waals surface area contributed by atoms with Gasteiger partial charge in [-0.3, -0.25) is 5.32 Å². The maximum absolute atomic E-state index is 11.1. The van der Waals surface area contributed by atoms with E-state index in [1.54, 1.807) is 26.2 Å². The largest absolute Gasteiger partial charge is 0.495 e. The third-order valence-electron chi connectivity index (χ3n) is 1.85. The molecular weight excluding hydrogens is 240 g/mol. The van der Waals surface area contributed by atoms with E-state index in [9.17, 15) is 4.79 Å². The summed E-state index contributed by atoms with van der Waals surface area (Å²) in [6.45, 7) is 2.01. The van der Waals surface area contributed by atoms with Gasteiger partial charge in [-0.25, -0.2) is 4.79 Å². The van der Waals surface area contributed by atoms with E-state index in [4.69, 9.17) is 21.7 Å². The van der Waals surface area contributed by atoms with E-state index >= 15 is 0 Å². The summed E-state index contributed by atoms with van der Waals surface area (Å²) in [6, 6.07) is 7.25. The van der Waals surface area contributed by atoms with E-state index in [0.717, 1.165) is 0 Å². The molecule has 92 valence electrons. The molecule has 6 heteroatoms. The molecule has 0 aliphatic rings. The molecule has 0 saturated heterocycles. The van der Waals surface area contributed by atoms with Crippen molar-refractivity contribution in [2.75, 3.05) is 19.0 Å². The quantitative estimate of drug-likeness (QED) is 0.809. The number of hydrogen-bond donors (Lipinski definition) is 2. The monoisotopic (exact) mass is 254 g/mol. The first kappa shape index (κ1) is 13.2. The minimum absolute atomic E-state index is 0.160. The topological polar surface area (TPSA) is 59.6 Å². The zero-order valence-corrected chi connectivity index (χ0v) is 10.5. The first-order chi connectivity index (χ1) is 8.17. The standard InChI is InChI=1S/C11H14N2O3S/c1-3-16-11(14)13-10(17)12-8-6-4-5-7-9(8)15-2/h4-7H,3H2,1-2H3,(H2,12,13,14,17). The number of alkyl carbamates (subject to hydrolysis) is 1. The highest BCUT2D eigenvalue weighted by Crippen LogP contribution is 2.22. The maximum Gasteiger partial charge on any atom is 0.413 e. The van der Waals surface area contributed by atoms with Gasteiger partial charge in [0, 0.05) is 0 Å². The van der Waals surface area contributed by atoms with E-state index in [1.807, 2.05) is 12.1 Å². The van der Waals surface area contributed by atoms with Gasteiger partial charge in [-0.05, 0) is 31.3 Å². The Balaban J connectivity index is 2.59. The normalized spacial score (nSPS) is 9.29. The van der Waals surface area contributed by atoms with Gasteiger partial charge < -0.3 is 14.8 Å². The van der Waals surface area contributed by atoms with Crippen molar-refractivity contribution in [3.05, 3.63) is 24.3 Å². The van der Waals surface area contributed by atoms with E-state index < -0.39 is 6.09 Å². The van der Waals surface area contributed by atoms with Crippen LogP contribution in [0.2, 0.25) is 0 Å². The fourth-order valence-electron chi connectivity index (χ4n) is 1.16. The van der Waals surface area contributed by atoms with Crippen molar-refractivity contribution >= 4 is 29.1 Å². The number of rotatable bonds is 3. The lowest BCUT2D eigenvalue weighted by molar-refractivity contribution is 0.158. The average Bonchev–Trinajstić information content (AvgIpc) is 2.29. The average molecular weight is 254 g/mol. The second kappa shape index (κ2) is 6.70. The van der Waals surface area contributed by atoms with Crippen molar-refractivity contribution in [3.8, 4) is 5.75 Å². The third kappa shape index (κ3) is 4.28. The molecule has 0 atom stereocenters. The van der Waals surface area contributed by atoms with E-state index in [1.165, 1.54) is 0 Å². The molecule has 0 radical (unpaired) electrons. The number of carbonyl (C=O) groups is 1. The number of amides is 1. The van der Waals surface area contributed by atoms with Crippen molar-refractivity contribution in [1.29, 1.82) is 0 Å². The van der Waals surface area contributed by atoms with Gasteiger partial charge in [0.2, 0.25) is 0 Å². The van der Waals surface area contributed by atoms with Crippen molar-refractivity contribution < 1.29 is 14.3 Å². The molecule has 0 bridgehead atoms. The lowest BCUT2D eigenvalue weighted by Crippen LogP contribution is -2.34. The van der Waals surface area contributed by atoms with Crippen LogP contribution in [0.15, 0.2) is 24.3 Å². The van der Waals surface area contributed by atoms with Crippen LogP contribution in [0.5, 0.6) is 5.75 Å². The number of benzene rings is 1. The summed E-state index contributed by atoms with van der Waals surface area (Å²) >= 11 is 4.96. The van der Waals surface area contributed by atoms with Gasteiger partial charge in [0.1, 0.15) is 5.75 Å². The molecule has 0 heterocycles. The fourth-order valence-corrected chi connectivity index (χ4v) is 1.35. The second-order valence-electron chi connectivity index (χ2n) is 3.00. The van der Waals surface area contributed by atoms with Gasteiger partial charge >= 0.3 is 6.09 Å². The van der Waals surface area contributed by atoms with Crippen LogP contribution >= 0.6 is 12.2 Å². The first-order valence-electron chi connectivity index (χ1n) is 5.05. The van der Waals surface area contributed by atoms with Crippen LogP contribution in [0, 0.1) is 0 Å². The number of carbonyl (C=O) groups excluding carboxylic acids is 1. The van der Waals surface area contributed by atoms with E-state index in [-0.39, 0.29) is 5.11 Å². The highest BCUT2D eigenvalue weighted by atomic mass is 32.1. The molecular formula is C11H14N2O3S. The van der Waals surface area contributed by atoms with Crippen LogP contribution in [0.3, 0.4) is 0 Å². The molecule has 0 saturated carbocycles. The molecule has 0 aliphatic heterocycles. The highest BCUT2D eigenvalue weighted by Gasteiger charge is 2.07. The molecule has 0 aromatic heterocycles. The number of nitrogens with one attached hydrogen (secondary N) is 2. The molecule has 1 amide bonds. The number of hydrogen-bond acceptors (Lipinski definition) is 4. The minimum atomic E-state index is -0.583. The predicted octanol–water partition coefficient (Wildman–Crippen LogP) is 2.14. The van der Waals surface area contributed by atoms with Gasteiger partial charge in [0.05, 0.1) is 19.4 Å². The van der Waals surface area contributed by atoms with Crippen LogP contribution < -0.4 is 15.4 Å². The molecule has 0 spiro atoms. The summed E-state index contributed by atoms with van der Waals surface area (Å²) < 4.78 is 9.83. The summed E-state index contributed by atoms with van der Waals surface area (Å²) in [5.74, 6) is 0.639. The zero-order chi connectivity index (χ0) is 12.7. The van der Waals surface area contributed by atoms with Crippen molar-refractivity contribution in [1.82, 2.24) is 5.32 Å². The Morgan fingerprint density at radius 3 is 2.76 bits per heavy atom. The van der Waals surface area contributed by atoms with Gasteiger partial charge in [-0.15, -0.1) is 0 Å². The van der Waals surface area contributed by atoms with Gasteiger partial charge in [-0.2, -0.15) is 0 Å². The van der Waals surface area contributed by atoms with Crippen LogP contribution in [-0.2, 0) is 4.74 Å². The van der Waals surface area contributed by atoms with Crippen molar-refractivity contribution in [3.63, 3.8) is 0 Å². The Morgan fingerprint density at radius 1 is 1.41 bits per heavy atom. The Kier molecular flexibility index (Phi) is 5.22. The zero-order valence-electron chi connectivity index (χ0n) is 9.65. The molecule has 2 N–H and O–H groups in total. The van der Waals surface area contributed by atoms with Crippen LogP contribution in [0.4, 0.5) is 10.5 Å². The molecule has 1 aromatic rings. The Morgan fingerprint density at radius 2 is 2.12 bits per heavy atom. The molecule has 17 heavy (non-hydrogen) atoms. The summed E-state index contributed by atoms with van der Waals surface area (Å²) in [7, 11) is 1.56. The summed E-state index contributed by atoms with van der Waals surface area (Å²) in [4.78, 5) is 11.1. The van der Waals surface area contributed by atoms with Crippen LogP contribution in [-0.4, -0.2) is 24.9 Å². The molecule has 0 aliphatic carbocycles. The number of ether oxygens (including phenoxy) is 2. The molecule has 0 fully saturated rings. The van der Waals surface area contributed by atoms with Crippen LogP contribution in [0.25, 0.3) is 0 Å². The lowest BCUT2D eigenvalue weighted by Gasteiger charge is -2.12. The van der Waals surface area contributed by atoms with Gasteiger partial charge in [-0.1, -0.05) is 12.1 Å². The predicted molar refractivity (Wildman–Crippen MR) is 69.4 cm³/mol. The van der Waals surface area contributed by atoms with E-state index in [2.05, 4.69) is 10.6 Å². The fraction of sp³-hybridized carbons (Fsp3) is 0.273. The first-order valence-corrected chi connectivity index (χ1v) is 5.46. The molecule has 1 aromatic carbocycles. The molecule has 5 nitrogen and oxygen atoms in total. The van der Waals surface area contributed by atoms with E-state index in [0.29, 0.717) is 18.0 Å². The van der Waals surface area contributed by atoms with Gasteiger partial charge in [0.25, 0.3) is 0 Å². The maximum atomic E-state index is 11.1. The smallest absolute Gasteiger partial charge is 0.413 e. The Hall–Kier alpha value is -1.82. The summed E-state index contributed by atoms with van der Waals surface area (Å²) in [5.41, 5.74) is 0.678. The minimum Gasteiger partial charge on any atom is -0.495 e. The van der Waals surface area contributed by atoms with Crippen molar-refractivity contribution in [2.45, 2.75) is 6.92 Å². The van der Waals surface area contributed by atoms with Gasteiger partial charge in [0.15, 0.2) is 5.11 Å². The number of thiocarbonyl (C=S) groups is 1. The second-order valence-corrected chi connectivity index (χ2v) is 3.41. The molecule has 1 rings (SSSR count). The summed E-state index contributed by atoms with van der Waals surface area (Å²) in [5, 5.41) is 5.39. The number of para-hydroxylation sites is 2. The third-order valence-corrected chi connectivity index (χ3v) is 2.05. The lowest BCUT2D eigenvalue weighted by atomic mass is 10.3. The SMILES string of the molecule is CCOC(=O)NC(=S)Nc1ccccc1OC. The Bertz CT molecular complexity index is 409. The number of methoxy groups -OCH3 is 1.